The van der Waals surface area contributed by atoms with Crippen molar-refractivity contribution in [1.29, 1.82) is 0 Å². The summed E-state index contributed by atoms with van der Waals surface area (Å²) in [5.41, 5.74) is 0.499. The van der Waals surface area contributed by atoms with Gasteiger partial charge in [0.25, 0.3) is 0 Å². The minimum atomic E-state index is -0.677. The first-order valence-corrected chi connectivity index (χ1v) is 9.02. The quantitative estimate of drug-likeness (QED) is 0.784. The fourth-order valence-corrected chi connectivity index (χ4v) is 3.94. The summed E-state index contributed by atoms with van der Waals surface area (Å²) in [6.45, 7) is 2.63. The fraction of sp³-hybridized carbons (Fsp3) is 0.529. The number of hydrogen-bond donors (Lipinski definition) is 1. The van der Waals surface area contributed by atoms with Crippen molar-refractivity contribution in [3.8, 4) is 5.75 Å². The highest BCUT2D eigenvalue weighted by Gasteiger charge is 2.25. The summed E-state index contributed by atoms with van der Waals surface area (Å²) in [6.07, 6.45) is 7.59. The van der Waals surface area contributed by atoms with Gasteiger partial charge in [0.15, 0.2) is 11.4 Å². The molecule has 0 bridgehead atoms. The second kappa shape index (κ2) is 7.19. The number of ether oxygens (including phenoxy) is 1. The molecule has 0 amide bonds. The Kier molecular flexibility index (Phi) is 5.21. The van der Waals surface area contributed by atoms with Crippen molar-refractivity contribution in [3.63, 3.8) is 0 Å². The number of carbonyl (C=O) groups is 1. The van der Waals surface area contributed by atoms with E-state index in [-0.39, 0.29) is 23.1 Å². The molecule has 1 aliphatic carbocycles. The molecule has 0 atom stereocenters. The molecule has 24 heavy (non-hydrogen) atoms. The van der Waals surface area contributed by atoms with Crippen LogP contribution in [-0.2, 0) is 11.3 Å². The lowest BCUT2D eigenvalue weighted by atomic mass is 9.89. The number of aromatic nitrogens is 2. The smallest absolute Gasteiger partial charge is 0.360 e. The Bertz CT molecular complexity index is 767. The highest BCUT2D eigenvalue weighted by molar-refractivity contribution is 6.45. The number of carbonyl (C=O) groups excluding carboxylic acids is 1. The van der Waals surface area contributed by atoms with E-state index < -0.39 is 5.97 Å². The first kappa shape index (κ1) is 17.4. The molecule has 2 heterocycles. The van der Waals surface area contributed by atoms with E-state index in [1.807, 2.05) is 4.57 Å². The minimum absolute atomic E-state index is 0.141. The van der Waals surface area contributed by atoms with Gasteiger partial charge in [-0.2, -0.15) is 0 Å². The van der Waals surface area contributed by atoms with Gasteiger partial charge in [0.2, 0.25) is 0 Å². The molecule has 0 unspecified atom stereocenters. The number of nitrogens with zero attached hydrogens (tertiary/aromatic N) is 2. The van der Waals surface area contributed by atoms with Gasteiger partial charge in [0.1, 0.15) is 5.15 Å². The van der Waals surface area contributed by atoms with Crippen molar-refractivity contribution in [2.45, 2.75) is 45.6 Å². The maximum atomic E-state index is 11.9. The molecule has 0 spiro atoms. The molecular formula is C17H20Cl2N2O3. The van der Waals surface area contributed by atoms with Gasteiger partial charge in [-0.25, -0.2) is 9.78 Å². The third-order valence-corrected chi connectivity index (χ3v) is 5.45. The number of rotatable bonds is 4. The Balaban J connectivity index is 2.03. The third-order valence-electron chi connectivity index (χ3n) is 4.60. The first-order chi connectivity index (χ1) is 11.5. The summed E-state index contributed by atoms with van der Waals surface area (Å²) in [5.74, 6) is -0.417. The summed E-state index contributed by atoms with van der Waals surface area (Å²) < 4.78 is 6.80. The van der Waals surface area contributed by atoms with Gasteiger partial charge < -0.3 is 14.4 Å². The average molecular weight is 371 g/mol. The predicted octanol–water partition coefficient (Wildman–Crippen LogP) is 4.81. The third kappa shape index (κ3) is 3.07. The van der Waals surface area contributed by atoms with Crippen LogP contribution in [-0.4, -0.2) is 27.2 Å². The average Bonchev–Trinajstić information content (AvgIpc) is 2.82. The van der Waals surface area contributed by atoms with Gasteiger partial charge >= 0.3 is 5.97 Å². The number of pyridine rings is 1. The number of hydrogen-bond acceptors (Lipinski definition) is 4. The molecule has 2 aromatic heterocycles. The zero-order valence-electron chi connectivity index (χ0n) is 13.5. The molecule has 2 aromatic rings. The Morgan fingerprint density at radius 2 is 2.08 bits per heavy atom. The van der Waals surface area contributed by atoms with Gasteiger partial charge in [-0.3, -0.25) is 0 Å². The van der Waals surface area contributed by atoms with E-state index in [2.05, 4.69) is 4.98 Å². The van der Waals surface area contributed by atoms with Crippen LogP contribution in [0, 0.1) is 5.92 Å². The minimum Gasteiger partial charge on any atom is -0.505 e. The predicted molar refractivity (Wildman–Crippen MR) is 93.9 cm³/mol. The standard InChI is InChI=1S/C17H20Cl2N2O3/c1-2-24-17(23)14-15(22)12-11(8-20-14)21(16(19)13(12)18)9-10-6-4-3-5-7-10/h8,10,22H,2-7,9H2,1H3. The molecule has 0 aromatic carbocycles. The monoisotopic (exact) mass is 370 g/mol. The maximum Gasteiger partial charge on any atom is 0.360 e. The van der Waals surface area contributed by atoms with Crippen LogP contribution in [0.1, 0.15) is 49.5 Å². The Morgan fingerprint density at radius 3 is 2.75 bits per heavy atom. The molecule has 0 radical (unpaired) electrons. The Labute approximate surface area is 150 Å². The molecular weight excluding hydrogens is 351 g/mol. The SMILES string of the molecule is CCOC(=O)c1ncc2c(c1O)c(Cl)c(Cl)n2CC1CCCCC1. The van der Waals surface area contributed by atoms with Crippen LogP contribution >= 0.6 is 23.2 Å². The lowest BCUT2D eigenvalue weighted by Crippen LogP contribution is -2.14. The summed E-state index contributed by atoms with van der Waals surface area (Å²) in [5, 5.41) is 11.4. The van der Waals surface area contributed by atoms with Crippen molar-refractivity contribution in [2.24, 2.45) is 5.92 Å². The van der Waals surface area contributed by atoms with Gasteiger partial charge in [-0.15, -0.1) is 0 Å². The number of esters is 1. The van der Waals surface area contributed by atoms with Crippen LogP contribution in [0.3, 0.4) is 0 Å². The zero-order chi connectivity index (χ0) is 17.3. The summed E-state index contributed by atoms with van der Waals surface area (Å²) >= 11 is 12.7. The van der Waals surface area contributed by atoms with E-state index in [4.69, 9.17) is 27.9 Å². The number of aromatic hydroxyl groups is 1. The summed E-state index contributed by atoms with van der Waals surface area (Å²) in [6, 6.07) is 0. The van der Waals surface area contributed by atoms with Crippen molar-refractivity contribution < 1.29 is 14.6 Å². The van der Waals surface area contributed by atoms with E-state index in [9.17, 15) is 9.90 Å². The number of fused-ring (bicyclic) bond motifs is 1. The van der Waals surface area contributed by atoms with Crippen LogP contribution < -0.4 is 0 Å². The largest absolute Gasteiger partial charge is 0.505 e. The topological polar surface area (TPSA) is 64.3 Å². The first-order valence-electron chi connectivity index (χ1n) is 8.26. The molecule has 0 saturated heterocycles. The Hall–Kier alpha value is -1.46. The Morgan fingerprint density at radius 1 is 1.38 bits per heavy atom. The fourth-order valence-electron chi connectivity index (χ4n) is 3.39. The molecule has 0 aliphatic heterocycles. The van der Waals surface area contributed by atoms with Crippen molar-refractivity contribution in [1.82, 2.24) is 9.55 Å². The van der Waals surface area contributed by atoms with E-state index in [1.165, 1.54) is 25.5 Å². The lowest BCUT2D eigenvalue weighted by molar-refractivity contribution is 0.0516. The van der Waals surface area contributed by atoms with Crippen LogP contribution in [0.15, 0.2) is 6.20 Å². The molecule has 1 fully saturated rings. The van der Waals surface area contributed by atoms with Crippen molar-refractivity contribution >= 4 is 40.1 Å². The number of halogens is 2. The zero-order valence-corrected chi connectivity index (χ0v) is 15.0. The summed E-state index contributed by atoms with van der Waals surface area (Å²) in [7, 11) is 0. The van der Waals surface area contributed by atoms with E-state index in [0.717, 1.165) is 19.4 Å². The molecule has 1 N–H and O–H groups in total. The highest BCUT2D eigenvalue weighted by atomic mass is 35.5. The van der Waals surface area contributed by atoms with Crippen molar-refractivity contribution in [3.05, 3.63) is 22.1 Å². The van der Waals surface area contributed by atoms with E-state index in [1.54, 1.807) is 6.92 Å². The van der Waals surface area contributed by atoms with Crippen LogP contribution in [0.4, 0.5) is 0 Å². The molecule has 1 saturated carbocycles. The maximum absolute atomic E-state index is 11.9. The second-order valence-electron chi connectivity index (χ2n) is 6.16. The molecule has 130 valence electrons. The highest BCUT2D eigenvalue weighted by Crippen LogP contribution is 2.41. The second-order valence-corrected chi connectivity index (χ2v) is 6.89. The van der Waals surface area contributed by atoms with Gasteiger partial charge in [-0.05, 0) is 25.7 Å². The van der Waals surface area contributed by atoms with Gasteiger partial charge in [0.05, 0.1) is 28.7 Å². The van der Waals surface area contributed by atoms with Crippen LogP contribution in [0.2, 0.25) is 10.2 Å². The van der Waals surface area contributed by atoms with Gasteiger partial charge in [0, 0.05) is 6.54 Å². The molecule has 3 rings (SSSR count). The molecule has 7 heteroatoms. The van der Waals surface area contributed by atoms with Gasteiger partial charge in [-0.1, -0.05) is 42.5 Å². The van der Waals surface area contributed by atoms with Crippen LogP contribution in [0.25, 0.3) is 10.9 Å². The molecule has 1 aliphatic rings. The van der Waals surface area contributed by atoms with Crippen molar-refractivity contribution in [2.75, 3.05) is 6.61 Å². The van der Waals surface area contributed by atoms with E-state index in [0.29, 0.717) is 22.0 Å². The van der Waals surface area contributed by atoms with Crippen LogP contribution in [0.5, 0.6) is 5.75 Å². The molecule has 5 nitrogen and oxygen atoms in total. The lowest BCUT2D eigenvalue weighted by Gasteiger charge is -2.22. The summed E-state index contributed by atoms with van der Waals surface area (Å²) in [4.78, 5) is 16.0. The normalized spacial score (nSPS) is 15.8. The van der Waals surface area contributed by atoms with E-state index >= 15 is 0 Å².